The van der Waals surface area contributed by atoms with Gasteiger partial charge in [-0.25, -0.2) is 13.6 Å². The molecular weight excluding hydrogens is 356 g/mol. The molecule has 2 aromatic carbocycles. The molecule has 2 aromatic rings. The summed E-state index contributed by atoms with van der Waals surface area (Å²) < 4.78 is 32.9. The first-order chi connectivity index (χ1) is 12.8. The lowest BCUT2D eigenvalue weighted by atomic mass is 10.1. The van der Waals surface area contributed by atoms with E-state index < -0.39 is 29.4 Å². The van der Waals surface area contributed by atoms with E-state index in [1.807, 2.05) is 0 Å². The summed E-state index contributed by atoms with van der Waals surface area (Å²) in [5.74, 6) is -3.97. The van der Waals surface area contributed by atoms with E-state index in [0.717, 1.165) is 6.07 Å². The van der Waals surface area contributed by atoms with Gasteiger partial charge in [0.25, 0.3) is 0 Å². The molecule has 0 aromatic heterocycles. The van der Waals surface area contributed by atoms with Crippen molar-refractivity contribution < 1.29 is 28.2 Å². The number of hydrogen-bond donors (Lipinski definition) is 2. The highest BCUT2D eigenvalue weighted by molar-refractivity contribution is 5.98. The summed E-state index contributed by atoms with van der Waals surface area (Å²) in [4.78, 5) is 23.7. The Labute approximate surface area is 155 Å². The van der Waals surface area contributed by atoms with Crippen molar-refractivity contribution in [3.63, 3.8) is 0 Å². The van der Waals surface area contributed by atoms with Gasteiger partial charge in [-0.15, -0.1) is 0 Å². The van der Waals surface area contributed by atoms with Gasteiger partial charge in [0, 0.05) is 5.92 Å². The number of carbonyl (C=O) groups is 2. The zero-order valence-corrected chi connectivity index (χ0v) is 14.8. The molecule has 0 aliphatic heterocycles. The monoisotopic (exact) mass is 375 g/mol. The molecule has 7 heteroatoms. The number of benzene rings is 2. The molecule has 5 nitrogen and oxygen atoms in total. The van der Waals surface area contributed by atoms with Crippen LogP contribution >= 0.6 is 0 Å². The first-order valence-electron chi connectivity index (χ1n) is 8.56. The third-order valence-corrected chi connectivity index (χ3v) is 4.36. The average molecular weight is 375 g/mol. The molecule has 3 rings (SSSR count). The van der Waals surface area contributed by atoms with Crippen LogP contribution in [0, 0.1) is 17.6 Å². The number of anilines is 1. The molecular formula is C20H19F2NO4. The van der Waals surface area contributed by atoms with Crippen molar-refractivity contribution in [2.45, 2.75) is 32.3 Å². The van der Waals surface area contributed by atoms with Gasteiger partial charge >= 0.3 is 5.97 Å². The number of carboxylic acids is 1. The van der Waals surface area contributed by atoms with E-state index in [2.05, 4.69) is 5.32 Å². The summed E-state index contributed by atoms with van der Waals surface area (Å²) in [5.41, 5.74) is 0.414. The van der Waals surface area contributed by atoms with Crippen LogP contribution in [0.4, 0.5) is 14.5 Å². The maximum Gasteiger partial charge on any atom is 0.335 e. The Balaban J connectivity index is 1.79. The Morgan fingerprint density at radius 2 is 1.96 bits per heavy atom. The summed E-state index contributed by atoms with van der Waals surface area (Å²) in [7, 11) is 0. The van der Waals surface area contributed by atoms with Gasteiger partial charge in [-0.05, 0) is 56.0 Å². The SMILES string of the molecule is CC(C)Oc1ccc(C(=O)O)cc1NC(=O)C1CC1c1cccc(F)c1F. The van der Waals surface area contributed by atoms with Crippen LogP contribution in [0.3, 0.4) is 0 Å². The maximum absolute atomic E-state index is 13.9. The summed E-state index contributed by atoms with van der Waals surface area (Å²) in [5, 5.41) is 11.8. The second kappa shape index (κ2) is 7.34. The average Bonchev–Trinajstić information content (AvgIpc) is 3.39. The first-order valence-corrected chi connectivity index (χ1v) is 8.56. The molecule has 1 aliphatic carbocycles. The van der Waals surface area contributed by atoms with E-state index >= 15 is 0 Å². The van der Waals surface area contributed by atoms with E-state index in [1.165, 1.54) is 30.3 Å². The topological polar surface area (TPSA) is 75.6 Å². The highest BCUT2D eigenvalue weighted by Gasteiger charge is 2.45. The Kier molecular flexibility index (Phi) is 5.12. The summed E-state index contributed by atoms with van der Waals surface area (Å²) in [6.07, 6.45) is 0.219. The Morgan fingerprint density at radius 1 is 1.22 bits per heavy atom. The minimum absolute atomic E-state index is 0.00456. The molecule has 1 fully saturated rings. The number of aromatic carboxylic acids is 1. The van der Waals surface area contributed by atoms with Gasteiger partial charge in [-0.1, -0.05) is 12.1 Å². The van der Waals surface area contributed by atoms with E-state index in [1.54, 1.807) is 13.8 Å². The molecule has 1 amide bonds. The zero-order valence-electron chi connectivity index (χ0n) is 14.8. The normalized spacial score (nSPS) is 18.3. The van der Waals surface area contributed by atoms with Gasteiger partial charge in [0.2, 0.25) is 5.91 Å². The number of nitrogens with one attached hydrogen (secondary N) is 1. The number of carboxylic acid groups (broad SMARTS) is 1. The van der Waals surface area contributed by atoms with Gasteiger partial charge in [0.15, 0.2) is 11.6 Å². The van der Waals surface area contributed by atoms with Crippen molar-refractivity contribution in [3.8, 4) is 5.75 Å². The van der Waals surface area contributed by atoms with Crippen LogP contribution in [0.15, 0.2) is 36.4 Å². The fraction of sp³-hybridized carbons (Fsp3) is 0.300. The lowest BCUT2D eigenvalue weighted by Crippen LogP contribution is -2.17. The molecule has 0 radical (unpaired) electrons. The highest BCUT2D eigenvalue weighted by atomic mass is 19.2. The fourth-order valence-corrected chi connectivity index (χ4v) is 2.98. The lowest BCUT2D eigenvalue weighted by molar-refractivity contribution is -0.117. The van der Waals surface area contributed by atoms with E-state index in [0.29, 0.717) is 12.2 Å². The Morgan fingerprint density at radius 3 is 2.63 bits per heavy atom. The predicted octanol–water partition coefficient (Wildman–Crippen LogP) is 4.19. The van der Waals surface area contributed by atoms with Crippen LogP contribution in [0.25, 0.3) is 0 Å². The largest absolute Gasteiger partial charge is 0.489 e. The maximum atomic E-state index is 13.9. The van der Waals surface area contributed by atoms with Crippen molar-refractivity contribution in [2.75, 3.05) is 5.32 Å². The molecule has 2 unspecified atom stereocenters. The molecule has 2 N–H and O–H groups in total. The van der Waals surface area contributed by atoms with Crippen molar-refractivity contribution in [2.24, 2.45) is 5.92 Å². The predicted molar refractivity (Wildman–Crippen MR) is 95.0 cm³/mol. The fourth-order valence-electron chi connectivity index (χ4n) is 2.98. The number of carbonyl (C=O) groups excluding carboxylic acids is 1. The van der Waals surface area contributed by atoms with Crippen LogP contribution in [0.1, 0.15) is 42.1 Å². The van der Waals surface area contributed by atoms with Crippen LogP contribution in [0.2, 0.25) is 0 Å². The lowest BCUT2D eigenvalue weighted by Gasteiger charge is -2.15. The second-order valence-electron chi connectivity index (χ2n) is 6.76. The summed E-state index contributed by atoms with van der Waals surface area (Å²) >= 11 is 0. The molecule has 2 atom stereocenters. The van der Waals surface area contributed by atoms with E-state index in [9.17, 15) is 18.4 Å². The quantitative estimate of drug-likeness (QED) is 0.794. The zero-order chi connectivity index (χ0) is 19.7. The van der Waals surface area contributed by atoms with Crippen LogP contribution < -0.4 is 10.1 Å². The van der Waals surface area contributed by atoms with E-state index in [4.69, 9.17) is 9.84 Å². The number of ether oxygens (including phenoxy) is 1. The molecule has 0 spiro atoms. The van der Waals surface area contributed by atoms with E-state index in [-0.39, 0.29) is 28.8 Å². The molecule has 1 aliphatic rings. The van der Waals surface area contributed by atoms with Crippen molar-refractivity contribution in [1.29, 1.82) is 0 Å². The molecule has 142 valence electrons. The standard InChI is InChI=1S/C20H19F2NO4/c1-10(2)27-17-7-6-11(20(25)26)8-16(17)23-19(24)14-9-13(14)12-4-3-5-15(21)18(12)22/h3-8,10,13-14H,9H2,1-2H3,(H,23,24)(H,25,26). The minimum atomic E-state index is -1.13. The van der Waals surface area contributed by atoms with Crippen LogP contribution in [-0.2, 0) is 4.79 Å². The van der Waals surface area contributed by atoms with Gasteiger partial charge in [0.05, 0.1) is 17.4 Å². The van der Waals surface area contributed by atoms with Gasteiger partial charge in [-0.3, -0.25) is 4.79 Å². The minimum Gasteiger partial charge on any atom is -0.489 e. The Bertz CT molecular complexity index is 898. The summed E-state index contributed by atoms with van der Waals surface area (Å²) in [6.45, 7) is 3.61. The first kappa shape index (κ1) is 18.8. The molecule has 1 saturated carbocycles. The smallest absolute Gasteiger partial charge is 0.335 e. The number of halogens is 2. The van der Waals surface area contributed by atoms with Crippen molar-refractivity contribution in [1.82, 2.24) is 0 Å². The number of rotatable bonds is 6. The van der Waals surface area contributed by atoms with Crippen molar-refractivity contribution in [3.05, 3.63) is 59.2 Å². The third-order valence-electron chi connectivity index (χ3n) is 4.36. The molecule has 0 heterocycles. The molecule has 0 bridgehead atoms. The molecule has 27 heavy (non-hydrogen) atoms. The van der Waals surface area contributed by atoms with Crippen molar-refractivity contribution >= 4 is 17.6 Å². The number of amides is 1. The highest BCUT2D eigenvalue weighted by Crippen LogP contribution is 2.49. The summed E-state index contributed by atoms with van der Waals surface area (Å²) in [6, 6.07) is 8.09. The van der Waals surface area contributed by atoms with Gasteiger partial charge in [-0.2, -0.15) is 0 Å². The van der Waals surface area contributed by atoms with Gasteiger partial charge in [0.1, 0.15) is 5.75 Å². The van der Waals surface area contributed by atoms with Crippen LogP contribution in [0.5, 0.6) is 5.75 Å². The second-order valence-corrected chi connectivity index (χ2v) is 6.76. The molecule has 0 saturated heterocycles. The third kappa shape index (κ3) is 4.07. The van der Waals surface area contributed by atoms with Gasteiger partial charge < -0.3 is 15.2 Å². The number of hydrogen-bond acceptors (Lipinski definition) is 3. The Hall–Kier alpha value is -2.96. The van der Waals surface area contributed by atoms with Crippen LogP contribution in [-0.4, -0.2) is 23.1 Å².